The maximum absolute atomic E-state index is 12.9. The van der Waals surface area contributed by atoms with Crippen LogP contribution in [0.5, 0.6) is 0 Å². The second-order valence-electron chi connectivity index (χ2n) is 5.25. The Morgan fingerprint density at radius 1 is 0.783 bits per heavy atom. The van der Waals surface area contributed by atoms with Gasteiger partial charge in [-0.15, -0.1) is 0 Å². The van der Waals surface area contributed by atoms with Crippen LogP contribution in [0.3, 0.4) is 0 Å². The van der Waals surface area contributed by atoms with Crippen molar-refractivity contribution >= 4 is 60.1 Å². The van der Waals surface area contributed by atoms with Crippen LogP contribution in [0.1, 0.15) is 20.7 Å². The summed E-state index contributed by atoms with van der Waals surface area (Å²) in [6, 6.07) is 16.3. The molecule has 0 aliphatic carbocycles. The van der Waals surface area contributed by atoms with Gasteiger partial charge in [0.05, 0.1) is 5.69 Å². The highest BCUT2D eigenvalue weighted by molar-refractivity contribution is 9.11. The SMILES string of the molecule is O=C1c2cccc3c(Br)ccc(c23)C(=O)N1c1cccc(Br)c1. The molecule has 0 fully saturated rings. The van der Waals surface area contributed by atoms with Gasteiger partial charge >= 0.3 is 0 Å². The van der Waals surface area contributed by atoms with E-state index in [1.165, 1.54) is 4.90 Å². The summed E-state index contributed by atoms with van der Waals surface area (Å²) in [7, 11) is 0. The van der Waals surface area contributed by atoms with Crippen LogP contribution in [0, 0.1) is 0 Å². The molecule has 3 aromatic carbocycles. The van der Waals surface area contributed by atoms with E-state index in [0.717, 1.165) is 14.3 Å². The van der Waals surface area contributed by atoms with Crippen LogP contribution in [0.2, 0.25) is 0 Å². The van der Waals surface area contributed by atoms with Gasteiger partial charge in [-0.25, -0.2) is 4.90 Å². The summed E-state index contributed by atoms with van der Waals surface area (Å²) in [6.07, 6.45) is 0. The van der Waals surface area contributed by atoms with E-state index in [4.69, 9.17) is 0 Å². The number of amides is 2. The van der Waals surface area contributed by atoms with Crippen molar-refractivity contribution in [3.8, 4) is 0 Å². The molecule has 0 saturated heterocycles. The number of benzene rings is 3. The van der Waals surface area contributed by atoms with E-state index in [2.05, 4.69) is 31.9 Å². The van der Waals surface area contributed by atoms with Gasteiger partial charge in [0.25, 0.3) is 11.8 Å². The van der Waals surface area contributed by atoms with Gasteiger partial charge in [0.1, 0.15) is 0 Å². The predicted molar refractivity (Wildman–Crippen MR) is 96.9 cm³/mol. The third-order valence-corrected chi connectivity index (χ3v) is 5.11. The highest BCUT2D eigenvalue weighted by Gasteiger charge is 2.34. The van der Waals surface area contributed by atoms with Gasteiger partial charge in [-0.1, -0.05) is 50.1 Å². The van der Waals surface area contributed by atoms with E-state index in [1.54, 1.807) is 30.3 Å². The number of imide groups is 1. The van der Waals surface area contributed by atoms with Gasteiger partial charge in [0, 0.05) is 25.5 Å². The van der Waals surface area contributed by atoms with Gasteiger partial charge in [-0.2, -0.15) is 0 Å². The van der Waals surface area contributed by atoms with Gasteiger partial charge in [-0.3, -0.25) is 9.59 Å². The first-order valence-corrected chi connectivity index (χ1v) is 8.52. The van der Waals surface area contributed by atoms with Gasteiger partial charge in [0.15, 0.2) is 0 Å². The maximum atomic E-state index is 12.9. The van der Waals surface area contributed by atoms with Crippen LogP contribution >= 0.6 is 31.9 Å². The largest absolute Gasteiger partial charge is 0.268 e. The Kier molecular flexibility index (Phi) is 3.36. The summed E-state index contributed by atoms with van der Waals surface area (Å²) >= 11 is 6.87. The molecule has 0 spiro atoms. The molecule has 4 rings (SSSR count). The first kappa shape index (κ1) is 14.6. The molecule has 1 aliphatic heterocycles. The highest BCUT2D eigenvalue weighted by Crippen LogP contribution is 2.36. The minimum absolute atomic E-state index is 0.302. The third kappa shape index (κ3) is 2.15. The average Bonchev–Trinajstić information content (AvgIpc) is 2.54. The monoisotopic (exact) mass is 429 g/mol. The minimum atomic E-state index is -0.302. The second kappa shape index (κ2) is 5.28. The van der Waals surface area contributed by atoms with Crippen LogP contribution in [0.15, 0.2) is 63.5 Å². The molecule has 1 heterocycles. The Balaban J connectivity index is 2.01. The zero-order valence-corrected chi connectivity index (χ0v) is 14.9. The zero-order valence-electron chi connectivity index (χ0n) is 11.7. The van der Waals surface area contributed by atoms with Crippen LogP contribution in [-0.2, 0) is 0 Å². The van der Waals surface area contributed by atoms with E-state index >= 15 is 0 Å². The average molecular weight is 431 g/mol. The van der Waals surface area contributed by atoms with Crippen LogP contribution in [0.4, 0.5) is 5.69 Å². The molecule has 0 unspecified atom stereocenters. The number of carbonyl (C=O) groups excluding carboxylic acids is 2. The lowest BCUT2D eigenvalue weighted by Crippen LogP contribution is -2.40. The van der Waals surface area contributed by atoms with Gasteiger partial charge in [0.2, 0.25) is 0 Å². The molecule has 5 heteroatoms. The summed E-state index contributed by atoms with van der Waals surface area (Å²) in [6.45, 7) is 0. The Bertz CT molecular complexity index is 975. The summed E-state index contributed by atoms with van der Waals surface area (Å²) < 4.78 is 1.69. The number of anilines is 1. The molecule has 112 valence electrons. The van der Waals surface area contributed by atoms with Crippen molar-refractivity contribution in [2.75, 3.05) is 4.90 Å². The molecule has 0 atom stereocenters. The number of hydrogen-bond donors (Lipinski definition) is 0. The number of nitrogens with zero attached hydrogens (tertiary/aromatic N) is 1. The van der Waals surface area contributed by atoms with Crippen molar-refractivity contribution in [1.82, 2.24) is 0 Å². The minimum Gasteiger partial charge on any atom is -0.268 e. The highest BCUT2D eigenvalue weighted by atomic mass is 79.9. The quantitative estimate of drug-likeness (QED) is 0.499. The molecular weight excluding hydrogens is 422 g/mol. The summed E-state index contributed by atoms with van der Waals surface area (Å²) in [5.41, 5.74) is 1.64. The van der Waals surface area contributed by atoms with Crippen molar-refractivity contribution < 1.29 is 9.59 Å². The summed E-state index contributed by atoms with van der Waals surface area (Å²) in [5.74, 6) is -0.603. The molecule has 0 aromatic heterocycles. The predicted octanol–water partition coefficient (Wildman–Crippen LogP) is 5.17. The van der Waals surface area contributed by atoms with E-state index in [9.17, 15) is 9.59 Å². The molecule has 0 radical (unpaired) electrons. The van der Waals surface area contributed by atoms with Crippen molar-refractivity contribution in [3.05, 3.63) is 74.7 Å². The van der Waals surface area contributed by atoms with Crippen molar-refractivity contribution in [2.45, 2.75) is 0 Å². The molecule has 3 aromatic rings. The topological polar surface area (TPSA) is 37.4 Å². The number of carbonyl (C=O) groups is 2. The van der Waals surface area contributed by atoms with Crippen LogP contribution < -0.4 is 4.90 Å². The van der Waals surface area contributed by atoms with Crippen LogP contribution in [0.25, 0.3) is 10.8 Å². The molecule has 3 nitrogen and oxygen atoms in total. The van der Waals surface area contributed by atoms with E-state index < -0.39 is 0 Å². The summed E-state index contributed by atoms with van der Waals surface area (Å²) in [4.78, 5) is 27.1. The van der Waals surface area contributed by atoms with E-state index in [0.29, 0.717) is 22.2 Å². The molecule has 1 aliphatic rings. The number of hydrogen-bond acceptors (Lipinski definition) is 2. The molecule has 2 amide bonds. The summed E-state index contributed by atoms with van der Waals surface area (Å²) in [5, 5.41) is 1.58. The van der Waals surface area contributed by atoms with Crippen molar-refractivity contribution in [2.24, 2.45) is 0 Å². The molecule has 23 heavy (non-hydrogen) atoms. The first-order chi connectivity index (χ1) is 11.1. The van der Waals surface area contributed by atoms with Gasteiger partial charge < -0.3 is 0 Å². The lowest BCUT2D eigenvalue weighted by atomic mass is 9.94. The second-order valence-corrected chi connectivity index (χ2v) is 7.02. The van der Waals surface area contributed by atoms with E-state index in [1.807, 2.05) is 24.3 Å². The normalized spacial score (nSPS) is 13.7. The zero-order chi connectivity index (χ0) is 16.1. The number of rotatable bonds is 1. The standard InChI is InChI=1S/C18H9Br2NO2/c19-10-3-1-4-11(9-10)21-17(22)13-6-2-5-12-15(20)8-7-14(16(12)13)18(21)23/h1-9H. The molecule has 0 saturated carbocycles. The fourth-order valence-corrected chi connectivity index (χ4v) is 3.76. The first-order valence-electron chi connectivity index (χ1n) is 6.93. The lowest BCUT2D eigenvalue weighted by molar-refractivity contribution is 0.0893. The number of halogens is 2. The fraction of sp³-hybridized carbons (Fsp3) is 0. The Hall–Kier alpha value is -1.98. The Morgan fingerprint density at radius 3 is 2.22 bits per heavy atom. The van der Waals surface area contributed by atoms with Crippen LogP contribution in [-0.4, -0.2) is 11.8 Å². The van der Waals surface area contributed by atoms with Crippen molar-refractivity contribution in [1.29, 1.82) is 0 Å². The molecular formula is C18H9Br2NO2. The third-order valence-electron chi connectivity index (χ3n) is 3.92. The van der Waals surface area contributed by atoms with Gasteiger partial charge in [-0.05, 0) is 41.8 Å². The Labute approximate surface area is 149 Å². The van der Waals surface area contributed by atoms with E-state index in [-0.39, 0.29) is 11.8 Å². The molecule has 0 bridgehead atoms. The van der Waals surface area contributed by atoms with Crippen molar-refractivity contribution in [3.63, 3.8) is 0 Å². The molecule has 0 N–H and O–H groups in total. The smallest absolute Gasteiger partial charge is 0.265 e. The lowest BCUT2D eigenvalue weighted by Gasteiger charge is -2.27. The fourth-order valence-electron chi connectivity index (χ4n) is 2.91. The Morgan fingerprint density at radius 2 is 1.48 bits per heavy atom. The maximum Gasteiger partial charge on any atom is 0.265 e.